The lowest BCUT2D eigenvalue weighted by Crippen LogP contribution is -2.38. The van der Waals surface area contributed by atoms with Crippen LogP contribution in [0.25, 0.3) is 0 Å². The van der Waals surface area contributed by atoms with Gasteiger partial charge in [-0.1, -0.05) is 5.16 Å². The van der Waals surface area contributed by atoms with Crippen molar-refractivity contribution in [3.63, 3.8) is 0 Å². The van der Waals surface area contributed by atoms with Crippen LogP contribution in [0.4, 0.5) is 0 Å². The highest BCUT2D eigenvalue weighted by Gasteiger charge is 2.34. The Balaban J connectivity index is 1.56. The summed E-state index contributed by atoms with van der Waals surface area (Å²) >= 11 is 0. The molecule has 18 heavy (non-hydrogen) atoms. The summed E-state index contributed by atoms with van der Waals surface area (Å²) < 4.78 is 5.14. The first kappa shape index (κ1) is 12.2. The van der Waals surface area contributed by atoms with E-state index >= 15 is 0 Å². The molecule has 4 unspecified atom stereocenters. The van der Waals surface area contributed by atoms with Crippen molar-refractivity contribution < 1.29 is 4.52 Å². The normalized spacial score (nSPS) is 33.3. The van der Waals surface area contributed by atoms with E-state index in [1.807, 2.05) is 13.0 Å². The number of fused-ring (bicyclic) bond motifs is 1. The van der Waals surface area contributed by atoms with Crippen LogP contribution in [0.1, 0.15) is 43.7 Å². The highest BCUT2D eigenvalue weighted by molar-refractivity contribution is 5.08. The van der Waals surface area contributed by atoms with Gasteiger partial charge in [0, 0.05) is 12.1 Å². The van der Waals surface area contributed by atoms with Crippen molar-refractivity contribution in [2.45, 2.75) is 45.2 Å². The second-order valence-electron chi connectivity index (χ2n) is 5.94. The Labute approximate surface area is 108 Å². The maximum Gasteiger partial charge on any atom is 0.133 e. The average Bonchev–Trinajstić information content (AvgIpc) is 2.96. The molecule has 0 bridgehead atoms. The number of hydrogen-bond donors (Lipinski definition) is 2. The third-order valence-electron chi connectivity index (χ3n) is 4.53. The van der Waals surface area contributed by atoms with Crippen molar-refractivity contribution in [1.29, 1.82) is 0 Å². The molecule has 4 heteroatoms. The molecule has 1 aliphatic carbocycles. The maximum absolute atomic E-state index is 5.14. The quantitative estimate of drug-likeness (QED) is 0.860. The molecular weight excluding hydrogens is 226 g/mol. The second-order valence-corrected chi connectivity index (χ2v) is 5.94. The van der Waals surface area contributed by atoms with Gasteiger partial charge in [-0.3, -0.25) is 0 Å². The van der Waals surface area contributed by atoms with Crippen LogP contribution < -0.4 is 10.6 Å². The summed E-state index contributed by atoms with van der Waals surface area (Å²) in [5.41, 5.74) is 1.03. The number of nitrogens with zero attached hydrogens (tertiary/aromatic N) is 1. The minimum Gasteiger partial charge on any atom is -0.361 e. The SMILES string of the molecule is Cc1cc(C(C)NC2CCC3CNCC3C2)no1. The molecule has 2 fully saturated rings. The van der Waals surface area contributed by atoms with Gasteiger partial charge in [0.25, 0.3) is 0 Å². The van der Waals surface area contributed by atoms with Crippen LogP contribution in [0, 0.1) is 18.8 Å². The van der Waals surface area contributed by atoms with E-state index in [2.05, 4.69) is 22.7 Å². The third-order valence-corrected chi connectivity index (χ3v) is 4.53. The number of rotatable bonds is 3. The molecule has 1 aliphatic heterocycles. The molecule has 0 spiro atoms. The summed E-state index contributed by atoms with van der Waals surface area (Å²) in [5, 5.41) is 11.3. The minimum absolute atomic E-state index is 0.290. The van der Waals surface area contributed by atoms with Gasteiger partial charge in [0.1, 0.15) is 11.5 Å². The third kappa shape index (κ3) is 2.45. The molecule has 0 amide bonds. The van der Waals surface area contributed by atoms with Crippen molar-refractivity contribution >= 4 is 0 Å². The lowest BCUT2D eigenvalue weighted by atomic mass is 9.79. The van der Waals surface area contributed by atoms with E-state index in [-0.39, 0.29) is 0 Å². The molecule has 100 valence electrons. The molecule has 3 rings (SSSR count). The number of aryl methyl sites for hydroxylation is 1. The van der Waals surface area contributed by atoms with E-state index in [4.69, 9.17) is 4.52 Å². The lowest BCUT2D eigenvalue weighted by Gasteiger charge is -2.33. The predicted octanol–water partition coefficient (Wildman–Crippen LogP) is 2.02. The summed E-state index contributed by atoms with van der Waals surface area (Å²) in [7, 11) is 0. The van der Waals surface area contributed by atoms with E-state index in [0.29, 0.717) is 12.1 Å². The Morgan fingerprint density at radius 1 is 1.39 bits per heavy atom. The highest BCUT2D eigenvalue weighted by Crippen LogP contribution is 2.33. The summed E-state index contributed by atoms with van der Waals surface area (Å²) in [5.74, 6) is 2.69. The van der Waals surface area contributed by atoms with Crippen LogP contribution in [-0.4, -0.2) is 24.3 Å². The Morgan fingerprint density at radius 3 is 3.00 bits per heavy atom. The van der Waals surface area contributed by atoms with E-state index < -0.39 is 0 Å². The minimum atomic E-state index is 0.290. The van der Waals surface area contributed by atoms with Crippen LogP contribution in [0.2, 0.25) is 0 Å². The first-order valence-corrected chi connectivity index (χ1v) is 7.12. The van der Waals surface area contributed by atoms with Crippen molar-refractivity contribution in [3.8, 4) is 0 Å². The molecule has 4 atom stereocenters. The van der Waals surface area contributed by atoms with Gasteiger partial charge < -0.3 is 15.2 Å². The van der Waals surface area contributed by atoms with E-state index in [0.717, 1.165) is 23.3 Å². The van der Waals surface area contributed by atoms with Crippen LogP contribution in [0.15, 0.2) is 10.6 Å². The lowest BCUT2D eigenvalue weighted by molar-refractivity contribution is 0.230. The molecule has 0 aromatic carbocycles. The van der Waals surface area contributed by atoms with Crippen molar-refractivity contribution in [1.82, 2.24) is 15.8 Å². The number of aromatic nitrogens is 1. The average molecular weight is 249 g/mol. The largest absolute Gasteiger partial charge is 0.361 e. The van der Waals surface area contributed by atoms with E-state index in [9.17, 15) is 0 Å². The van der Waals surface area contributed by atoms with Gasteiger partial charge in [0.15, 0.2) is 0 Å². The summed E-state index contributed by atoms with van der Waals surface area (Å²) in [6.07, 6.45) is 3.96. The number of hydrogen-bond acceptors (Lipinski definition) is 4. The van der Waals surface area contributed by atoms with Gasteiger partial charge in [-0.05, 0) is 58.0 Å². The smallest absolute Gasteiger partial charge is 0.133 e. The fourth-order valence-electron chi connectivity index (χ4n) is 3.48. The first-order valence-electron chi connectivity index (χ1n) is 7.12. The van der Waals surface area contributed by atoms with Gasteiger partial charge in [-0.15, -0.1) is 0 Å². The van der Waals surface area contributed by atoms with Gasteiger partial charge in [0.05, 0.1) is 6.04 Å². The summed E-state index contributed by atoms with van der Waals surface area (Å²) in [4.78, 5) is 0. The van der Waals surface area contributed by atoms with Crippen LogP contribution in [-0.2, 0) is 0 Å². The highest BCUT2D eigenvalue weighted by atomic mass is 16.5. The molecule has 1 saturated carbocycles. The molecule has 1 aromatic rings. The zero-order chi connectivity index (χ0) is 12.5. The van der Waals surface area contributed by atoms with Crippen LogP contribution >= 0.6 is 0 Å². The standard InChI is InChI=1S/C14H23N3O/c1-9-5-14(17-18-9)10(2)16-13-4-3-11-7-15-8-12(11)6-13/h5,10-13,15-16H,3-4,6-8H2,1-2H3. The predicted molar refractivity (Wildman–Crippen MR) is 70.3 cm³/mol. The first-order chi connectivity index (χ1) is 8.72. The van der Waals surface area contributed by atoms with Crippen LogP contribution in [0.3, 0.4) is 0 Å². The van der Waals surface area contributed by atoms with Crippen molar-refractivity contribution in [2.75, 3.05) is 13.1 Å². The molecule has 2 heterocycles. The fourth-order valence-corrected chi connectivity index (χ4v) is 3.48. The second kappa shape index (κ2) is 5.02. The van der Waals surface area contributed by atoms with Crippen molar-refractivity contribution in [3.05, 3.63) is 17.5 Å². The molecule has 1 aromatic heterocycles. The zero-order valence-electron chi connectivity index (χ0n) is 11.3. The molecule has 2 aliphatic rings. The molecule has 2 N–H and O–H groups in total. The molecular formula is C14H23N3O. The molecule has 0 radical (unpaired) electrons. The van der Waals surface area contributed by atoms with Gasteiger partial charge in [-0.2, -0.15) is 0 Å². The maximum atomic E-state index is 5.14. The topological polar surface area (TPSA) is 50.1 Å². The fraction of sp³-hybridized carbons (Fsp3) is 0.786. The van der Waals surface area contributed by atoms with Crippen molar-refractivity contribution in [2.24, 2.45) is 11.8 Å². The Morgan fingerprint density at radius 2 is 2.22 bits per heavy atom. The monoisotopic (exact) mass is 249 g/mol. The molecule has 4 nitrogen and oxygen atoms in total. The van der Waals surface area contributed by atoms with E-state index in [1.165, 1.54) is 32.4 Å². The number of nitrogens with one attached hydrogen (secondary N) is 2. The summed E-state index contributed by atoms with van der Waals surface area (Å²) in [6.45, 7) is 6.56. The van der Waals surface area contributed by atoms with E-state index in [1.54, 1.807) is 0 Å². The van der Waals surface area contributed by atoms with Crippen LogP contribution in [0.5, 0.6) is 0 Å². The Bertz CT molecular complexity index is 403. The Hall–Kier alpha value is -0.870. The zero-order valence-corrected chi connectivity index (χ0v) is 11.3. The van der Waals surface area contributed by atoms with Gasteiger partial charge >= 0.3 is 0 Å². The summed E-state index contributed by atoms with van der Waals surface area (Å²) in [6, 6.07) is 2.96. The van der Waals surface area contributed by atoms with Gasteiger partial charge in [0.2, 0.25) is 0 Å². The molecule has 1 saturated heterocycles. The van der Waals surface area contributed by atoms with Gasteiger partial charge in [-0.25, -0.2) is 0 Å². The Kier molecular flexibility index (Phi) is 3.39.